The highest BCUT2D eigenvalue weighted by Crippen LogP contribution is 2.14. The molecule has 2 N–H and O–H groups in total. The van der Waals surface area contributed by atoms with Crippen LogP contribution in [0.4, 0.5) is 10.1 Å². The first-order valence-electron chi connectivity index (χ1n) is 7.18. The lowest BCUT2D eigenvalue weighted by molar-refractivity contribution is -0.136. The van der Waals surface area contributed by atoms with Gasteiger partial charge >= 0.3 is 11.8 Å². The zero-order chi connectivity index (χ0) is 17.5. The molecule has 0 bridgehead atoms. The largest absolute Gasteiger partial charge is 0.340 e. The molecule has 0 radical (unpaired) electrons. The van der Waals surface area contributed by atoms with Crippen LogP contribution in [-0.4, -0.2) is 28.0 Å². The number of rotatable bonds is 5. The van der Waals surface area contributed by atoms with Crippen LogP contribution in [0.25, 0.3) is 0 Å². The fourth-order valence-corrected chi connectivity index (χ4v) is 2.86. The van der Waals surface area contributed by atoms with Crippen LogP contribution in [-0.2, 0) is 20.4 Å². The molecule has 0 saturated carbocycles. The van der Waals surface area contributed by atoms with Crippen molar-refractivity contribution < 1.29 is 18.2 Å². The normalized spacial score (nSPS) is 12.9. The Morgan fingerprint density at radius 2 is 1.79 bits per heavy atom. The summed E-state index contributed by atoms with van der Waals surface area (Å²) in [5.41, 5.74) is 0.935. The third kappa shape index (κ3) is 5.27. The van der Waals surface area contributed by atoms with Gasteiger partial charge in [-0.15, -0.1) is 0 Å². The Labute approximate surface area is 141 Å². The van der Waals surface area contributed by atoms with Gasteiger partial charge in [-0.05, 0) is 23.8 Å². The van der Waals surface area contributed by atoms with Gasteiger partial charge in [-0.3, -0.25) is 13.8 Å². The molecule has 2 atom stereocenters. The molecule has 5 nitrogen and oxygen atoms in total. The van der Waals surface area contributed by atoms with Gasteiger partial charge in [0.15, 0.2) is 0 Å². The molecule has 0 aliphatic carbocycles. The maximum atomic E-state index is 13.1. The first-order chi connectivity index (χ1) is 11.5. The number of nitrogens with one attached hydrogen (secondary N) is 2. The van der Waals surface area contributed by atoms with E-state index in [0.29, 0.717) is 0 Å². The van der Waals surface area contributed by atoms with Gasteiger partial charge in [-0.2, -0.15) is 0 Å². The van der Waals surface area contributed by atoms with Crippen molar-refractivity contribution in [3.8, 4) is 0 Å². The Bertz CT molecular complexity index is 753. The lowest BCUT2D eigenvalue weighted by Gasteiger charge is -2.18. The number of halogens is 1. The second kappa shape index (κ2) is 8.35. The minimum atomic E-state index is -1.16. The third-order valence-corrected chi connectivity index (χ3v) is 4.00. The van der Waals surface area contributed by atoms with E-state index in [1.807, 2.05) is 6.07 Å². The van der Waals surface area contributed by atoms with E-state index in [2.05, 4.69) is 10.6 Å². The lowest BCUT2D eigenvalue weighted by atomic mass is 10.1. The number of hydrogen-bond acceptors (Lipinski definition) is 3. The summed E-state index contributed by atoms with van der Waals surface area (Å²) in [4.78, 5) is 24.0. The number of carbonyl (C=O) groups excluding carboxylic acids is 2. The summed E-state index contributed by atoms with van der Waals surface area (Å²) in [5, 5.41) is 4.89. The zero-order valence-corrected chi connectivity index (χ0v) is 13.8. The summed E-state index contributed by atoms with van der Waals surface area (Å²) in [5.74, 6) is -2.12. The zero-order valence-electron chi connectivity index (χ0n) is 13.0. The van der Waals surface area contributed by atoms with Gasteiger partial charge in [0, 0.05) is 28.5 Å². The second-order valence-electron chi connectivity index (χ2n) is 5.14. The van der Waals surface area contributed by atoms with Crippen LogP contribution in [0.2, 0.25) is 0 Å². The molecular formula is C17H17FN2O3S. The first-order valence-corrected chi connectivity index (χ1v) is 8.91. The number of hydrogen-bond donors (Lipinski definition) is 2. The van der Waals surface area contributed by atoms with Crippen LogP contribution in [0.15, 0.2) is 54.6 Å². The smallest absolute Gasteiger partial charge is 0.313 e. The maximum absolute atomic E-state index is 13.1. The quantitative estimate of drug-likeness (QED) is 0.812. The molecule has 0 aliphatic heterocycles. The van der Waals surface area contributed by atoms with Crippen LogP contribution in [0.5, 0.6) is 0 Å². The summed E-state index contributed by atoms with van der Waals surface area (Å²) >= 11 is 0. The number of amides is 2. The standard InChI is InChI=1S/C17H17FN2O3S/c1-24(23)11-15(12-6-3-2-4-7-12)20-17(22)16(21)19-14-9-5-8-13(18)10-14/h2-10,15H,11H2,1H3,(H,19,21)(H,20,22)/t15-,24-/m1/s1. The van der Waals surface area contributed by atoms with Crippen LogP contribution in [0.1, 0.15) is 11.6 Å². The van der Waals surface area contributed by atoms with Crippen LogP contribution in [0.3, 0.4) is 0 Å². The van der Waals surface area contributed by atoms with Gasteiger partial charge in [-0.25, -0.2) is 4.39 Å². The van der Waals surface area contributed by atoms with E-state index < -0.39 is 34.5 Å². The molecule has 0 unspecified atom stereocenters. The molecule has 24 heavy (non-hydrogen) atoms. The summed E-state index contributed by atoms with van der Waals surface area (Å²) in [6, 6.07) is 13.7. The molecule has 126 valence electrons. The lowest BCUT2D eigenvalue weighted by Crippen LogP contribution is -2.39. The highest BCUT2D eigenvalue weighted by molar-refractivity contribution is 7.84. The molecule has 2 amide bonds. The highest BCUT2D eigenvalue weighted by atomic mass is 32.2. The van der Waals surface area contributed by atoms with Crippen molar-refractivity contribution in [1.29, 1.82) is 0 Å². The van der Waals surface area contributed by atoms with Gasteiger partial charge in [0.05, 0.1) is 6.04 Å². The predicted octanol–water partition coefficient (Wildman–Crippen LogP) is 2.00. The Kier molecular flexibility index (Phi) is 6.20. The van der Waals surface area contributed by atoms with Crippen molar-refractivity contribution in [2.45, 2.75) is 6.04 Å². The minimum absolute atomic E-state index is 0.184. The van der Waals surface area contributed by atoms with Crippen molar-refractivity contribution in [3.63, 3.8) is 0 Å². The number of carbonyl (C=O) groups is 2. The molecule has 7 heteroatoms. The summed E-state index contributed by atoms with van der Waals surface area (Å²) in [6.07, 6.45) is 1.52. The average Bonchev–Trinajstić information content (AvgIpc) is 2.54. The van der Waals surface area contributed by atoms with E-state index in [1.54, 1.807) is 24.3 Å². The second-order valence-corrected chi connectivity index (χ2v) is 6.62. The van der Waals surface area contributed by atoms with Gasteiger partial charge in [-0.1, -0.05) is 36.4 Å². The first kappa shape index (κ1) is 17.8. The van der Waals surface area contributed by atoms with Crippen molar-refractivity contribution in [2.24, 2.45) is 0 Å². The molecule has 2 rings (SSSR count). The monoisotopic (exact) mass is 348 g/mol. The van der Waals surface area contributed by atoms with E-state index in [1.165, 1.54) is 24.5 Å². The van der Waals surface area contributed by atoms with Crippen LogP contribution >= 0.6 is 0 Å². The fourth-order valence-electron chi connectivity index (χ4n) is 2.12. The van der Waals surface area contributed by atoms with E-state index in [0.717, 1.165) is 11.6 Å². The van der Waals surface area contributed by atoms with Crippen molar-refractivity contribution >= 4 is 28.3 Å². The van der Waals surface area contributed by atoms with Crippen molar-refractivity contribution in [3.05, 3.63) is 66.0 Å². The van der Waals surface area contributed by atoms with E-state index >= 15 is 0 Å². The van der Waals surface area contributed by atoms with E-state index in [-0.39, 0.29) is 11.4 Å². The average molecular weight is 348 g/mol. The molecule has 0 aromatic heterocycles. The number of benzene rings is 2. The third-order valence-electron chi connectivity index (χ3n) is 3.20. The highest BCUT2D eigenvalue weighted by Gasteiger charge is 2.21. The summed E-state index contributed by atoms with van der Waals surface area (Å²) in [6.45, 7) is 0. The summed E-state index contributed by atoms with van der Waals surface area (Å²) in [7, 11) is -1.16. The van der Waals surface area contributed by atoms with E-state index in [9.17, 15) is 18.2 Å². The Morgan fingerprint density at radius 3 is 2.42 bits per heavy atom. The Balaban J connectivity index is 2.06. The topological polar surface area (TPSA) is 75.3 Å². The predicted molar refractivity (Wildman–Crippen MR) is 91.3 cm³/mol. The van der Waals surface area contributed by atoms with Crippen molar-refractivity contribution in [1.82, 2.24) is 5.32 Å². The Hall–Kier alpha value is -2.54. The van der Waals surface area contributed by atoms with Crippen molar-refractivity contribution in [2.75, 3.05) is 17.3 Å². The molecule has 0 fully saturated rings. The molecule has 0 spiro atoms. The maximum Gasteiger partial charge on any atom is 0.313 e. The van der Waals surface area contributed by atoms with E-state index in [4.69, 9.17) is 0 Å². The molecule has 2 aromatic carbocycles. The SMILES string of the molecule is C[S@@](=O)C[C@@H](NC(=O)C(=O)Nc1cccc(F)c1)c1ccccc1. The Morgan fingerprint density at radius 1 is 1.08 bits per heavy atom. The van der Waals surface area contributed by atoms with Gasteiger partial charge < -0.3 is 10.6 Å². The van der Waals surface area contributed by atoms with Gasteiger partial charge in [0.1, 0.15) is 5.82 Å². The molecule has 0 saturated heterocycles. The minimum Gasteiger partial charge on any atom is -0.340 e. The van der Waals surface area contributed by atoms with Crippen LogP contribution in [0, 0.1) is 5.82 Å². The fraction of sp³-hybridized carbons (Fsp3) is 0.176. The summed E-state index contributed by atoms with van der Waals surface area (Å²) < 4.78 is 24.6. The van der Waals surface area contributed by atoms with Gasteiger partial charge in [0.25, 0.3) is 0 Å². The van der Waals surface area contributed by atoms with Gasteiger partial charge in [0.2, 0.25) is 0 Å². The molecule has 2 aromatic rings. The molecule has 0 aliphatic rings. The molecule has 0 heterocycles. The van der Waals surface area contributed by atoms with Crippen LogP contribution < -0.4 is 10.6 Å². The molecular weight excluding hydrogens is 331 g/mol. The number of anilines is 1.